The molecule has 2 fully saturated rings. The molecule has 1 heterocycles. The largest absolute Gasteiger partial charge is 0.309 e. The minimum absolute atomic E-state index is 0.306. The molecule has 0 radical (unpaired) electrons. The van der Waals surface area contributed by atoms with Gasteiger partial charge in [-0.1, -0.05) is 36.7 Å². The number of rotatable bonds is 1. The Morgan fingerprint density at radius 2 is 1.82 bits per heavy atom. The third-order valence-electron chi connectivity index (χ3n) is 5.28. The van der Waals surface area contributed by atoms with Crippen molar-refractivity contribution in [3.8, 4) is 0 Å². The molecule has 1 aliphatic heterocycles. The lowest BCUT2D eigenvalue weighted by atomic mass is 9.81. The van der Waals surface area contributed by atoms with Gasteiger partial charge in [0.1, 0.15) is 0 Å². The lowest BCUT2D eigenvalue weighted by Gasteiger charge is -2.35. The van der Waals surface area contributed by atoms with Crippen molar-refractivity contribution in [2.75, 3.05) is 0 Å². The minimum atomic E-state index is -0.660. The Labute approximate surface area is 136 Å². The van der Waals surface area contributed by atoms with Crippen molar-refractivity contribution < 1.29 is 14.5 Å². The second kappa shape index (κ2) is 5.34. The van der Waals surface area contributed by atoms with Gasteiger partial charge in [0.2, 0.25) is 11.6 Å². The predicted octanol–water partition coefficient (Wildman–Crippen LogP) is 4.96. The second-order valence-corrected chi connectivity index (χ2v) is 7.20. The Hall–Kier alpha value is -0.870. The molecule has 1 saturated heterocycles. The van der Waals surface area contributed by atoms with Crippen LogP contribution < -0.4 is 0 Å². The summed E-state index contributed by atoms with van der Waals surface area (Å²) in [6.45, 7) is 2.14. The van der Waals surface area contributed by atoms with E-state index in [2.05, 4.69) is 25.1 Å². The van der Waals surface area contributed by atoms with E-state index in [-0.39, 0.29) is 0 Å². The molecule has 2 atom stereocenters. The van der Waals surface area contributed by atoms with Crippen LogP contribution in [0.4, 0.5) is 0 Å². The molecular formula is C18H21ClO3. The minimum Gasteiger partial charge on any atom is -0.309 e. The van der Waals surface area contributed by atoms with Gasteiger partial charge in [0.05, 0.1) is 0 Å². The molecule has 22 heavy (non-hydrogen) atoms. The summed E-state index contributed by atoms with van der Waals surface area (Å²) in [4.78, 5) is 11.3. The summed E-state index contributed by atoms with van der Waals surface area (Å²) in [5.41, 5.74) is 1.35. The number of benzene rings is 1. The number of hydrogen-bond acceptors (Lipinski definition) is 3. The molecule has 4 heteroatoms. The van der Waals surface area contributed by atoms with Crippen LogP contribution in [0.15, 0.2) is 36.4 Å². The molecule has 0 N–H and O–H groups in total. The monoisotopic (exact) mass is 320 g/mol. The number of allylic oxidation sites excluding steroid dienone is 1. The van der Waals surface area contributed by atoms with Gasteiger partial charge in [0, 0.05) is 23.8 Å². The van der Waals surface area contributed by atoms with E-state index in [1.54, 1.807) is 0 Å². The van der Waals surface area contributed by atoms with E-state index in [0.29, 0.717) is 11.8 Å². The molecule has 1 aromatic carbocycles. The predicted molar refractivity (Wildman–Crippen MR) is 84.3 cm³/mol. The summed E-state index contributed by atoms with van der Waals surface area (Å²) in [6.07, 6.45) is 8.92. The Morgan fingerprint density at radius 3 is 2.45 bits per heavy atom. The van der Waals surface area contributed by atoms with E-state index in [1.165, 1.54) is 5.56 Å². The van der Waals surface area contributed by atoms with Crippen LogP contribution >= 0.6 is 11.6 Å². The maximum Gasteiger partial charge on any atom is 0.226 e. The van der Waals surface area contributed by atoms with E-state index in [9.17, 15) is 0 Å². The van der Waals surface area contributed by atoms with Crippen LogP contribution in [0, 0.1) is 5.92 Å². The highest BCUT2D eigenvalue weighted by Gasteiger charge is 2.56. The first kappa shape index (κ1) is 14.7. The third kappa shape index (κ3) is 2.41. The average molecular weight is 321 g/mol. The Balaban J connectivity index is 1.44. The molecule has 2 spiro atoms. The normalized spacial score (nSPS) is 40.8. The van der Waals surface area contributed by atoms with Gasteiger partial charge >= 0.3 is 0 Å². The zero-order valence-electron chi connectivity index (χ0n) is 12.8. The molecule has 1 aromatic rings. The molecule has 2 aliphatic carbocycles. The number of halogens is 1. The topological polar surface area (TPSA) is 27.7 Å². The Bertz CT molecular complexity index is 574. The molecular weight excluding hydrogens is 300 g/mol. The van der Waals surface area contributed by atoms with Crippen molar-refractivity contribution in [3.63, 3.8) is 0 Å². The highest BCUT2D eigenvalue weighted by molar-refractivity contribution is 6.30. The lowest BCUT2D eigenvalue weighted by Crippen LogP contribution is -2.40. The van der Waals surface area contributed by atoms with E-state index in [0.717, 1.165) is 37.1 Å². The summed E-state index contributed by atoms with van der Waals surface area (Å²) in [5, 5.41) is 0.788. The molecule has 0 amide bonds. The van der Waals surface area contributed by atoms with Crippen molar-refractivity contribution in [1.82, 2.24) is 0 Å². The van der Waals surface area contributed by atoms with Gasteiger partial charge in [-0.15, -0.1) is 0 Å². The van der Waals surface area contributed by atoms with Crippen molar-refractivity contribution in [3.05, 3.63) is 47.0 Å². The van der Waals surface area contributed by atoms with E-state index in [4.69, 9.17) is 26.1 Å². The summed E-state index contributed by atoms with van der Waals surface area (Å²) < 4.78 is 6.30. The summed E-state index contributed by atoms with van der Waals surface area (Å²) >= 11 is 5.97. The van der Waals surface area contributed by atoms with Crippen molar-refractivity contribution >= 4 is 11.6 Å². The second-order valence-electron chi connectivity index (χ2n) is 6.77. The van der Waals surface area contributed by atoms with Crippen LogP contribution in [0.25, 0.3) is 0 Å². The van der Waals surface area contributed by atoms with Gasteiger partial charge in [0.25, 0.3) is 0 Å². The van der Waals surface area contributed by atoms with Crippen LogP contribution in [-0.4, -0.2) is 11.6 Å². The van der Waals surface area contributed by atoms with Crippen LogP contribution in [0.3, 0.4) is 0 Å². The Kier molecular flexibility index (Phi) is 3.57. The fourth-order valence-electron chi connectivity index (χ4n) is 3.79. The average Bonchev–Trinajstić information content (AvgIpc) is 3.06. The van der Waals surface area contributed by atoms with Crippen LogP contribution in [0.2, 0.25) is 5.02 Å². The van der Waals surface area contributed by atoms with Gasteiger partial charge in [-0.25, -0.2) is 0 Å². The number of ether oxygens (including phenoxy) is 1. The quantitative estimate of drug-likeness (QED) is 0.540. The first-order valence-electron chi connectivity index (χ1n) is 8.11. The maximum atomic E-state index is 6.30. The van der Waals surface area contributed by atoms with Gasteiger partial charge in [0.15, 0.2) is 0 Å². The third-order valence-corrected chi connectivity index (χ3v) is 5.54. The van der Waals surface area contributed by atoms with Crippen LogP contribution in [0.5, 0.6) is 0 Å². The molecule has 4 rings (SSSR count). The molecule has 2 unspecified atom stereocenters. The van der Waals surface area contributed by atoms with Crippen molar-refractivity contribution in [2.24, 2.45) is 5.92 Å². The maximum absolute atomic E-state index is 6.30. The zero-order chi connectivity index (χ0) is 15.2. The molecule has 1 saturated carbocycles. The van der Waals surface area contributed by atoms with E-state index < -0.39 is 11.6 Å². The summed E-state index contributed by atoms with van der Waals surface area (Å²) in [6, 6.07) is 8.18. The molecule has 118 valence electrons. The lowest BCUT2D eigenvalue weighted by molar-refractivity contribution is -0.351. The van der Waals surface area contributed by atoms with E-state index >= 15 is 0 Å². The van der Waals surface area contributed by atoms with Crippen molar-refractivity contribution in [1.29, 1.82) is 0 Å². The first-order valence-corrected chi connectivity index (χ1v) is 8.49. The van der Waals surface area contributed by atoms with Crippen LogP contribution in [-0.2, 0) is 14.5 Å². The van der Waals surface area contributed by atoms with Crippen LogP contribution in [0.1, 0.15) is 50.5 Å². The Morgan fingerprint density at radius 1 is 1.09 bits per heavy atom. The summed E-state index contributed by atoms with van der Waals surface area (Å²) in [5.74, 6) is -0.372. The highest BCUT2D eigenvalue weighted by Crippen LogP contribution is 2.50. The van der Waals surface area contributed by atoms with Gasteiger partial charge in [-0.05, 0) is 49.0 Å². The molecule has 3 nitrogen and oxygen atoms in total. The molecule has 3 aliphatic rings. The number of hydrogen-bond donors (Lipinski definition) is 0. The first-order chi connectivity index (χ1) is 10.6. The smallest absolute Gasteiger partial charge is 0.226 e. The van der Waals surface area contributed by atoms with Crippen molar-refractivity contribution in [2.45, 2.75) is 56.5 Å². The zero-order valence-corrected chi connectivity index (χ0v) is 13.5. The standard InChI is InChI=1S/C18H21ClO3/c1-13-3-2-10-18(13)20-17(21-22-18)11-8-15(9-12-17)14-4-6-16(19)7-5-14/h2,4-7,10,13,15H,3,8-9,11-12H2,1H3. The van der Waals surface area contributed by atoms with Gasteiger partial charge in [-0.2, -0.15) is 9.78 Å². The summed E-state index contributed by atoms with van der Waals surface area (Å²) in [7, 11) is 0. The molecule has 0 aromatic heterocycles. The highest BCUT2D eigenvalue weighted by atomic mass is 35.5. The van der Waals surface area contributed by atoms with Gasteiger partial charge < -0.3 is 4.74 Å². The fraction of sp³-hybridized carbons (Fsp3) is 0.556. The van der Waals surface area contributed by atoms with Gasteiger partial charge in [-0.3, -0.25) is 0 Å². The van der Waals surface area contributed by atoms with E-state index in [1.807, 2.05) is 18.2 Å². The molecule has 0 bridgehead atoms. The fourth-order valence-corrected chi connectivity index (χ4v) is 3.91. The SMILES string of the molecule is CC1CC=CC12OOC1(CCC(c3ccc(Cl)cc3)CC1)O2.